The molecule has 30 heavy (non-hydrogen) atoms. The molecule has 0 amide bonds. The predicted molar refractivity (Wildman–Crippen MR) is 115 cm³/mol. The number of aromatic carboxylic acids is 1. The summed E-state index contributed by atoms with van der Waals surface area (Å²) in [4.78, 5) is 25.2. The second-order valence-electron chi connectivity index (χ2n) is 6.87. The molecule has 5 rings (SSSR count). The Bertz CT molecular complexity index is 1420. The lowest BCUT2D eigenvalue weighted by atomic mass is 10.1. The van der Waals surface area contributed by atoms with Crippen LogP contribution in [0.1, 0.15) is 16.1 Å². The summed E-state index contributed by atoms with van der Waals surface area (Å²) in [6.07, 6.45) is 6.75. The number of aryl methyl sites for hydroxylation is 1. The molecule has 4 aromatic heterocycles. The summed E-state index contributed by atoms with van der Waals surface area (Å²) in [5.41, 5.74) is 3.59. The molecule has 0 atom stereocenters. The molecule has 5 aromatic rings. The van der Waals surface area contributed by atoms with Crippen LogP contribution in [0.3, 0.4) is 0 Å². The van der Waals surface area contributed by atoms with E-state index in [1.54, 1.807) is 49.0 Å². The first-order chi connectivity index (χ1) is 14.5. The number of hydrogen-bond donors (Lipinski definition) is 1. The van der Waals surface area contributed by atoms with Gasteiger partial charge in [-0.3, -0.25) is 4.98 Å². The molecule has 0 aliphatic rings. The normalized spacial score (nSPS) is 11.3. The molecule has 148 valence electrons. The van der Waals surface area contributed by atoms with Crippen LogP contribution in [0.15, 0.2) is 55.2 Å². The number of fused-ring (bicyclic) bond motifs is 2. The van der Waals surface area contributed by atoms with E-state index in [4.69, 9.17) is 4.74 Å². The van der Waals surface area contributed by atoms with Crippen LogP contribution in [-0.2, 0) is 7.05 Å². The van der Waals surface area contributed by atoms with Crippen LogP contribution in [0.25, 0.3) is 31.6 Å². The second kappa shape index (κ2) is 6.93. The van der Waals surface area contributed by atoms with E-state index in [1.807, 2.05) is 29.8 Å². The third kappa shape index (κ3) is 2.89. The molecule has 4 heterocycles. The summed E-state index contributed by atoms with van der Waals surface area (Å²) in [6, 6.07) is 9.27. The van der Waals surface area contributed by atoms with Crippen molar-refractivity contribution in [3.8, 4) is 21.9 Å². The van der Waals surface area contributed by atoms with Crippen molar-refractivity contribution in [1.82, 2.24) is 19.5 Å². The van der Waals surface area contributed by atoms with Crippen LogP contribution in [0.2, 0.25) is 0 Å². The van der Waals surface area contributed by atoms with Crippen molar-refractivity contribution in [3.05, 3.63) is 66.5 Å². The van der Waals surface area contributed by atoms with E-state index < -0.39 is 5.97 Å². The van der Waals surface area contributed by atoms with Gasteiger partial charge in [0.15, 0.2) is 0 Å². The highest BCUT2D eigenvalue weighted by Gasteiger charge is 2.18. The molecule has 0 bridgehead atoms. The lowest BCUT2D eigenvalue weighted by molar-refractivity contribution is 0.0698. The Balaban J connectivity index is 1.57. The number of nitrogens with zero attached hydrogens (tertiary/aromatic N) is 4. The number of pyridine rings is 1. The smallest absolute Gasteiger partial charge is 0.338 e. The molecule has 0 saturated heterocycles. The average molecular weight is 416 g/mol. The monoisotopic (exact) mass is 416 g/mol. The van der Waals surface area contributed by atoms with Crippen LogP contribution in [-0.4, -0.2) is 30.6 Å². The molecule has 0 radical (unpaired) electrons. The summed E-state index contributed by atoms with van der Waals surface area (Å²) in [6.45, 7) is 1.80. The summed E-state index contributed by atoms with van der Waals surface area (Å²) in [5, 5.41) is 10.2. The number of carbonyl (C=O) groups is 1. The van der Waals surface area contributed by atoms with Crippen LogP contribution in [0.4, 0.5) is 0 Å². The average Bonchev–Trinajstić information content (AvgIpc) is 3.29. The van der Waals surface area contributed by atoms with Gasteiger partial charge in [-0.1, -0.05) is 0 Å². The van der Waals surface area contributed by atoms with Crippen molar-refractivity contribution in [2.45, 2.75) is 6.92 Å². The number of carboxylic acid groups (broad SMARTS) is 1. The zero-order valence-electron chi connectivity index (χ0n) is 16.2. The Labute approximate surface area is 175 Å². The lowest BCUT2D eigenvalue weighted by Crippen LogP contribution is -1.99. The van der Waals surface area contributed by atoms with Gasteiger partial charge < -0.3 is 14.4 Å². The highest BCUT2D eigenvalue weighted by molar-refractivity contribution is 7.22. The van der Waals surface area contributed by atoms with Gasteiger partial charge in [0.25, 0.3) is 0 Å². The number of hydrogen-bond acceptors (Lipinski definition) is 6. The molecule has 0 aliphatic carbocycles. The standard InChI is InChI=1S/C22H16N4O3S/c1-12-20(22(27)28)15-4-3-14(7-17(15)26(12)2)29-18-5-6-25-16-8-19(30-21(16)18)13-9-23-11-24-10-13/h3-11H,1-2H3,(H,27,28). The summed E-state index contributed by atoms with van der Waals surface area (Å²) in [5.74, 6) is 0.390. The van der Waals surface area contributed by atoms with Gasteiger partial charge in [0, 0.05) is 59.3 Å². The highest BCUT2D eigenvalue weighted by Crippen LogP contribution is 2.39. The Morgan fingerprint density at radius 3 is 2.73 bits per heavy atom. The molecule has 7 nitrogen and oxygen atoms in total. The molecule has 0 aliphatic heterocycles. The number of thiophene rings is 1. The van der Waals surface area contributed by atoms with E-state index in [9.17, 15) is 9.90 Å². The number of carboxylic acids is 1. The van der Waals surface area contributed by atoms with Crippen molar-refractivity contribution < 1.29 is 14.6 Å². The van der Waals surface area contributed by atoms with Gasteiger partial charge in [-0.15, -0.1) is 11.3 Å². The first kappa shape index (κ1) is 18.3. The maximum Gasteiger partial charge on any atom is 0.338 e. The van der Waals surface area contributed by atoms with Gasteiger partial charge in [0.05, 0.1) is 21.3 Å². The SMILES string of the molecule is Cc1c(C(=O)O)c2ccc(Oc3ccnc4cc(-c5cncnc5)sc34)cc2n1C. The lowest BCUT2D eigenvalue weighted by Gasteiger charge is -2.07. The Morgan fingerprint density at radius 1 is 1.17 bits per heavy atom. The fraction of sp³-hybridized carbons (Fsp3) is 0.0909. The molecule has 0 saturated carbocycles. The quantitative estimate of drug-likeness (QED) is 0.441. The van der Waals surface area contributed by atoms with E-state index in [2.05, 4.69) is 15.0 Å². The van der Waals surface area contributed by atoms with Gasteiger partial charge in [0.2, 0.25) is 0 Å². The largest absolute Gasteiger partial charge is 0.478 e. The van der Waals surface area contributed by atoms with Gasteiger partial charge in [-0.05, 0) is 25.1 Å². The molecular formula is C22H16N4O3S. The predicted octanol–water partition coefficient (Wildman–Crippen LogP) is 5.04. The summed E-state index contributed by atoms with van der Waals surface area (Å²) in [7, 11) is 1.85. The summed E-state index contributed by atoms with van der Waals surface area (Å²) >= 11 is 1.56. The third-order valence-electron chi connectivity index (χ3n) is 5.13. The zero-order valence-corrected chi connectivity index (χ0v) is 17.0. The third-order valence-corrected chi connectivity index (χ3v) is 6.32. The maximum atomic E-state index is 11.6. The number of aromatic nitrogens is 4. The Morgan fingerprint density at radius 2 is 1.97 bits per heavy atom. The van der Waals surface area contributed by atoms with Crippen molar-refractivity contribution in [2.75, 3.05) is 0 Å². The minimum atomic E-state index is -0.932. The van der Waals surface area contributed by atoms with E-state index in [0.29, 0.717) is 28.1 Å². The van der Waals surface area contributed by atoms with Gasteiger partial charge in [-0.2, -0.15) is 0 Å². The minimum absolute atomic E-state index is 0.318. The number of benzene rings is 1. The zero-order chi connectivity index (χ0) is 20.8. The van der Waals surface area contributed by atoms with Crippen molar-refractivity contribution in [2.24, 2.45) is 7.05 Å². The molecule has 1 N–H and O–H groups in total. The van der Waals surface area contributed by atoms with Crippen molar-refractivity contribution in [3.63, 3.8) is 0 Å². The Hall–Kier alpha value is -3.78. The fourth-order valence-corrected chi connectivity index (χ4v) is 4.61. The van der Waals surface area contributed by atoms with E-state index >= 15 is 0 Å². The molecule has 0 fully saturated rings. The van der Waals surface area contributed by atoms with E-state index in [1.165, 1.54) is 6.33 Å². The second-order valence-corrected chi connectivity index (χ2v) is 7.92. The van der Waals surface area contributed by atoms with E-state index in [0.717, 1.165) is 26.2 Å². The minimum Gasteiger partial charge on any atom is -0.478 e. The highest BCUT2D eigenvalue weighted by atomic mass is 32.1. The number of rotatable bonds is 4. The molecule has 0 spiro atoms. The van der Waals surface area contributed by atoms with Crippen LogP contribution >= 0.6 is 11.3 Å². The first-order valence-electron chi connectivity index (χ1n) is 9.17. The van der Waals surface area contributed by atoms with Crippen LogP contribution < -0.4 is 4.74 Å². The Kier molecular flexibility index (Phi) is 4.22. The maximum absolute atomic E-state index is 11.6. The molecule has 1 aromatic carbocycles. The summed E-state index contributed by atoms with van der Waals surface area (Å²) < 4.78 is 8.98. The first-order valence-corrected chi connectivity index (χ1v) is 9.98. The topological polar surface area (TPSA) is 90.1 Å². The fourth-order valence-electron chi connectivity index (χ4n) is 3.57. The van der Waals surface area contributed by atoms with Crippen molar-refractivity contribution >= 4 is 38.4 Å². The van der Waals surface area contributed by atoms with Crippen LogP contribution in [0.5, 0.6) is 11.5 Å². The van der Waals surface area contributed by atoms with Gasteiger partial charge in [0.1, 0.15) is 17.8 Å². The number of ether oxygens (including phenoxy) is 1. The van der Waals surface area contributed by atoms with Gasteiger partial charge >= 0.3 is 5.97 Å². The van der Waals surface area contributed by atoms with E-state index in [-0.39, 0.29) is 0 Å². The van der Waals surface area contributed by atoms with Crippen molar-refractivity contribution in [1.29, 1.82) is 0 Å². The molecular weight excluding hydrogens is 400 g/mol. The molecule has 0 unspecified atom stereocenters. The van der Waals surface area contributed by atoms with Gasteiger partial charge in [-0.25, -0.2) is 14.8 Å². The molecule has 8 heteroatoms. The van der Waals surface area contributed by atoms with Crippen LogP contribution in [0, 0.1) is 6.92 Å².